The van der Waals surface area contributed by atoms with Crippen LogP contribution in [0.2, 0.25) is 0 Å². The van der Waals surface area contributed by atoms with Crippen LogP contribution in [0.3, 0.4) is 0 Å². The first-order valence-corrected chi connectivity index (χ1v) is 5.21. The van der Waals surface area contributed by atoms with Crippen molar-refractivity contribution in [1.82, 2.24) is 9.97 Å². The summed E-state index contributed by atoms with van der Waals surface area (Å²) in [4.78, 5) is 19.4. The van der Waals surface area contributed by atoms with Crippen LogP contribution >= 0.6 is 0 Å². The molecule has 3 N–H and O–H groups in total. The van der Waals surface area contributed by atoms with Crippen molar-refractivity contribution in [3.63, 3.8) is 0 Å². The molecule has 0 aliphatic heterocycles. The van der Waals surface area contributed by atoms with Gasteiger partial charge in [0.25, 0.3) is 5.91 Å². The number of nitrogens with zero attached hydrogens (tertiary/aromatic N) is 2. The zero-order valence-corrected chi connectivity index (χ0v) is 9.64. The number of nitrogens with one attached hydrogen (secondary N) is 1. The quantitative estimate of drug-likeness (QED) is 0.846. The van der Waals surface area contributed by atoms with Gasteiger partial charge in [-0.25, -0.2) is 14.4 Å². The van der Waals surface area contributed by atoms with Crippen molar-refractivity contribution in [2.75, 3.05) is 11.1 Å². The molecule has 2 aromatic rings. The van der Waals surface area contributed by atoms with Gasteiger partial charge in [0, 0.05) is 6.20 Å². The normalized spacial score (nSPS) is 10.1. The second-order valence-electron chi connectivity index (χ2n) is 3.76. The standard InChI is InChI=1S/C12H11FN4O/c1-7-2-3-15-10(4-7)17-12(18)9-5-8(13)6-16-11(9)14/h2-6H,1H3,(H2,14,16)(H,15,17,18). The zero-order valence-electron chi connectivity index (χ0n) is 9.64. The van der Waals surface area contributed by atoms with E-state index < -0.39 is 11.7 Å². The summed E-state index contributed by atoms with van der Waals surface area (Å²) in [5, 5.41) is 2.53. The Kier molecular flexibility index (Phi) is 3.18. The summed E-state index contributed by atoms with van der Waals surface area (Å²) in [6.07, 6.45) is 2.52. The second kappa shape index (κ2) is 4.79. The summed E-state index contributed by atoms with van der Waals surface area (Å²) < 4.78 is 13.0. The molecule has 2 rings (SSSR count). The largest absolute Gasteiger partial charge is 0.383 e. The monoisotopic (exact) mass is 246 g/mol. The number of carbonyl (C=O) groups excluding carboxylic acids is 1. The minimum atomic E-state index is -0.619. The smallest absolute Gasteiger partial charge is 0.260 e. The van der Waals surface area contributed by atoms with Gasteiger partial charge in [0.15, 0.2) is 0 Å². The molecule has 0 fully saturated rings. The number of amides is 1. The number of pyridine rings is 2. The van der Waals surface area contributed by atoms with E-state index in [1.54, 1.807) is 18.3 Å². The second-order valence-corrected chi connectivity index (χ2v) is 3.76. The van der Waals surface area contributed by atoms with Crippen LogP contribution < -0.4 is 11.1 Å². The molecular weight excluding hydrogens is 235 g/mol. The Labute approximate surface area is 103 Å². The van der Waals surface area contributed by atoms with Gasteiger partial charge in [-0.15, -0.1) is 0 Å². The lowest BCUT2D eigenvalue weighted by atomic mass is 10.2. The molecule has 0 aromatic carbocycles. The Hall–Kier alpha value is -2.50. The number of halogens is 1. The third-order valence-electron chi connectivity index (χ3n) is 2.29. The van der Waals surface area contributed by atoms with Gasteiger partial charge in [-0.1, -0.05) is 0 Å². The van der Waals surface area contributed by atoms with Gasteiger partial charge in [-0.2, -0.15) is 0 Å². The Morgan fingerprint density at radius 3 is 2.89 bits per heavy atom. The lowest BCUT2D eigenvalue weighted by Gasteiger charge is -2.06. The first-order valence-electron chi connectivity index (χ1n) is 5.21. The molecule has 6 heteroatoms. The van der Waals surface area contributed by atoms with Crippen LogP contribution in [0.1, 0.15) is 15.9 Å². The average Bonchev–Trinajstić information content (AvgIpc) is 2.32. The molecular formula is C12H11FN4O. The van der Waals surface area contributed by atoms with Crippen LogP contribution in [0.15, 0.2) is 30.6 Å². The van der Waals surface area contributed by atoms with Crippen LogP contribution in [-0.4, -0.2) is 15.9 Å². The van der Waals surface area contributed by atoms with Gasteiger partial charge >= 0.3 is 0 Å². The summed E-state index contributed by atoms with van der Waals surface area (Å²) >= 11 is 0. The van der Waals surface area contributed by atoms with E-state index in [9.17, 15) is 9.18 Å². The van der Waals surface area contributed by atoms with E-state index in [1.807, 2.05) is 6.92 Å². The van der Waals surface area contributed by atoms with E-state index in [4.69, 9.17) is 5.73 Å². The molecule has 0 saturated carbocycles. The number of anilines is 2. The lowest BCUT2D eigenvalue weighted by Crippen LogP contribution is -2.16. The van der Waals surface area contributed by atoms with Crippen molar-refractivity contribution >= 4 is 17.5 Å². The number of hydrogen-bond acceptors (Lipinski definition) is 4. The summed E-state index contributed by atoms with van der Waals surface area (Å²) in [7, 11) is 0. The molecule has 0 aliphatic carbocycles. The van der Waals surface area contributed by atoms with Crippen molar-refractivity contribution in [2.45, 2.75) is 6.92 Å². The Morgan fingerprint density at radius 2 is 2.17 bits per heavy atom. The number of nitrogens with two attached hydrogens (primary N) is 1. The van der Waals surface area contributed by atoms with Crippen LogP contribution in [0.4, 0.5) is 16.0 Å². The van der Waals surface area contributed by atoms with Crippen LogP contribution in [0, 0.1) is 12.7 Å². The van der Waals surface area contributed by atoms with Gasteiger partial charge in [0.05, 0.1) is 11.8 Å². The van der Waals surface area contributed by atoms with Crippen molar-refractivity contribution < 1.29 is 9.18 Å². The van der Waals surface area contributed by atoms with E-state index in [1.165, 1.54) is 0 Å². The Morgan fingerprint density at radius 1 is 1.39 bits per heavy atom. The molecule has 0 atom stereocenters. The number of hydrogen-bond donors (Lipinski definition) is 2. The molecule has 5 nitrogen and oxygen atoms in total. The predicted octanol–water partition coefficient (Wildman–Crippen LogP) is 1.76. The number of rotatable bonds is 2. The van der Waals surface area contributed by atoms with Gasteiger partial charge in [0.1, 0.15) is 17.5 Å². The molecule has 2 heterocycles. The van der Waals surface area contributed by atoms with Gasteiger partial charge < -0.3 is 11.1 Å². The van der Waals surface area contributed by atoms with E-state index in [2.05, 4.69) is 15.3 Å². The SMILES string of the molecule is Cc1ccnc(NC(=O)c2cc(F)cnc2N)c1. The summed E-state index contributed by atoms with van der Waals surface area (Å²) in [6.45, 7) is 1.87. The molecule has 0 saturated heterocycles. The minimum absolute atomic E-state index is 0.0155. The number of aryl methyl sites for hydroxylation is 1. The molecule has 2 aromatic heterocycles. The topological polar surface area (TPSA) is 80.9 Å². The molecule has 0 aliphatic rings. The van der Waals surface area contributed by atoms with Crippen molar-refractivity contribution in [2.24, 2.45) is 0 Å². The van der Waals surface area contributed by atoms with Crippen LogP contribution in [0.5, 0.6) is 0 Å². The minimum Gasteiger partial charge on any atom is -0.383 e. The van der Waals surface area contributed by atoms with Gasteiger partial charge in [0.2, 0.25) is 0 Å². The van der Waals surface area contributed by atoms with Crippen molar-refractivity contribution in [1.29, 1.82) is 0 Å². The van der Waals surface area contributed by atoms with Crippen molar-refractivity contribution in [3.05, 3.63) is 47.5 Å². The molecule has 0 spiro atoms. The molecule has 92 valence electrons. The molecule has 18 heavy (non-hydrogen) atoms. The molecule has 0 radical (unpaired) electrons. The maximum atomic E-state index is 13.0. The molecule has 0 bridgehead atoms. The fourth-order valence-electron chi connectivity index (χ4n) is 1.42. The average molecular weight is 246 g/mol. The summed E-state index contributed by atoms with van der Waals surface area (Å²) in [5.41, 5.74) is 6.45. The predicted molar refractivity (Wildman–Crippen MR) is 65.5 cm³/mol. The van der Waals surface area contributed by atoms with Gasteiger partial charge in [-0.05, 0) is 30.7 Å². The van der Waals surface area contributed by atoms with Crippen LogP contribution in [0.25, 0.3) is 0 Å². The van der Waals surface area contributed by atoms with Crippen LogP contribution in [-0.2, 0) is 0 Å². The molecule has 1 amide bonds. The highest BCUT2D eigenvalue weighted by molar-refractivity contribution is 6.06. The lowest BCUT2D eigenvalue weighted by molar-refractivity contribution is 0.102. The molecule has 0 unspecified atom stereocenters. The number of nitrogen functional groups attached to an aromatic ring is 1. The third kappa shape index (κ3) is 2.60. The summed E-state index contributed by atoms with van der Waals surface area (Å²) in [5.74, 6) is -0.811. The summed E-state index contributed by atoms with van der Waals surface area (Å²) in [6, 6.07) is 4.53. The maximum Gasteiger partial charge on any atom is 0.260 e. The first-order chi connectivity index (χ1) is 8.56. The van der Waals surface area contributed by atoms with E-state index in [0.717, 1.165) is 17.8 Å². The van der Waals surface area contributed by atoms with Crippen molar-refractivity contribution in [3.8, 4) is 0 Å². The Bertz CT molecular complexity index is 600. The van der Waals surface area contributed by atoms with E-state index in [0.29, 0.717) is 5.82 Å². The fourth-order valence-corrected chi connectivity index (χ4v) is 1.42. The van der Waals surface area contributed by atoms with E-state index in [-0.39, 0.29) is 11.4 Å². The van der Waals surface area contributed by atoms with E-state index >= 15 is 0 Å². The Balaban J connectivity index is 2.24. The number of carbonyl (C=O) groups is 1. The highest BCUT2D eigenvalue weighted by Crippen LogP contribution is 2.13. The van der Waals surface area contributed by atoms with Gasteiger partial charge in [-0.3, -0.25) is 4.79 Å². The fraction of sp³-hybridized carbons (Fsp3) is 0.0833. The maximum absolute atomic E-state index is 13.0. The highest BCUT2D eigenvalue weighted by Gasteiger charge is 2.12. The highest BCUT2D eigenvalue weighted by atomic mass is 19.1. The first kappa shape index (κ1) is 12.0. The zero-order chi connectivity index (χ0) is 13.1. The number of aromatic nitrogens is 2. The third-order valence-corrected chi connectivity index (χ3v) is 2.29.